The fraction of sp³-hybridized carbons (Fsp3) is 0.111. The standard InChI is InChI=1S/C18H20N6O9S2/c1-10-3-5-13(7-16(10)24(26)27)22-18(23-17(19)25)21-11(2)20-15-8-14(35(31,32)33)6-4-12(15)9-34(28,29)30/h3-8,20H,2,9H2,1H3,(H,28,29,30)(H,31,32,33)(H4,19,21,22,23,25). The summed E-state index contributed by atoms with van der Waals surface area (Å²) in [4.78, 5) is 25.3. The molecule has 0 atom stereocenters. The van der Waals surface area contributed by atoms with Crippen molar-refractivity contribution >= 4 is 49.3 Å². The molecule has 17 heteroatoms. The summed E-state index contributed by atoms with van der Waals surface area (Å²) in [6.45, 7) is 5.09. The Labute approximate surface area is 199 Å². The van der Waals surface area contributed by atoms with E-state index in [4.69, 9.17) is 10.3 Å². The number of carbonyl (C=O) groups is 1. The predicted octanol–water partition coefficient (Wildman–Crippen LogP) is 1.56. The highest BCUT2D eigenvalue weighted by Gasteiger charge is 2.17. The van der Waals surface area contributed by atoms with Crippen LogP contribution < -0.4 is 21.7 Å². The highest BCUT2D eigenvalue weighted by Crippen LogP contribution is 2.25. The maximum atomic E-state index is 11.5. The second-order valence-electron chi connectivity index (χ2n) is 6.93. The zero-order valence-corrected chi connectivity index (χ0v) is 19.6. The van der Waals surface area contributed by atoms with Crippen LogP contribution in [-0.2, 0) is 26.0 Å². The number of anilines is 2. The number of amides is 2. The van der Waals surface area contributed by atoms with Gasteiger partial charge in [-0.1, -0.05) is 18.7 Å². The Morgan fingerprint density at radius 3 is 2.34 bits per heavy atom. The lowest BCUT2D eigenvalue weighted by atomic mass is 10.2. The number of nitrogens with one attached hydrogen (secondary N) is 3. The molecule has 0 unspecified atom stereocenters. The van der Waals surface area contributed by atoms with Crippen molar-refractivity contribution in [3.05, 3.63) is 70.0 Å². The molecule has 2 aromatic rings. The number of carbonyl (C=O) groups excluding carboxylic acids is 1. The number of guanidine groups is 1. The van der Waals surface area contributed by atoms with Crippen LogP contribution in [0.1, 0.15) is 11.1 Å². The molecule has 0 saturated heterocycles. The Morgan fingerprint density at radius 2 is 1.80 bits per heavy atom. The molecule has 0 aromatic heterocycles. The lowest BCUT2D eigenvalue weighted by Gasteiger charge is -2.14. The van der Waals surface area contributed by atoms with Crippen LogP contribution in [0.3, 0.4) is 0 Å². The first-order valence-electron chi connectivity index (χ1n) is 9.24. The predicted molar refractivity (Wildman–Crippen MR) is 126 cm³/mol. The Bertz CT molecular complexity index is 1440. The van der Waals surface area contributed by atoms with Crippen LogP contribution in [-0.4, -0.2) is 42.9 Å². The third kappa shape index (κ3) is 8.34. The summed E-state index contributed by atoms with van der Waals surface area (Å²) in [5.74, 6) is -1.57. The van der Waals surface area contributed by atoms with Crippen LogP contribution in [0.2, 0.25) is 0 Å². The highest BCUT2D eigenvalue weighted by atomic mass is 32.2. The zero-order chi connectivity index (χ0) is 26.6. The van der Waals surface area contributed by atoms with Crippen molar-refractivity contribution in [3.8, 4) is 0 Å². The molecular formula is C18H20N6O9S2. The molecule has 0 aliphatic carbocycles. The van der Waals surface area contributed by atoms with E-state index in [0.29, 0.717) is 5.56 Å². The quantitative estimate of drug-likeness (QED) is 0.0943. The van der Waals surface area contributed by atoms with Crippen LogP contribution in [0.15, 0.2) is 58.7 Å². The lowest BCUT2D eigenvalue weighted by molar-refractivity contribution is -0.385. The molecule has 0 spiro atoms. The van der Waals surface area contributed by atoms with E-state index in [1.165, 1.54) is 25.1 Å². The van der Waals surface area contributed by atoms with Gasteiger partial charge in [-0.2, -0.15) is 21.8 Å². The minimum Gasteiger partial charge on any atom is -0.351 e. The molecule has 0 aliphatic rings. The van der Waals surface area contributed by atoms with Gasteiger partial charge in [0.05, 0.1) is 9.82 Å². The SMILES string of the molecule is C=C(N=C(NC(N)=O)Nc1ccc(C)c([N+](=O)[O-])c1)Nc1cc(S(=O)(=O)O)ccc1CS(=O)(=O)O. The van der Waals surface area contributed by atoms with Crippen molar-refractivity contribution in [2.75, 3.05) is 10.6 Å². The summed E-state index contributed by atoms with van der Waals surface area (Å²) >= 11 is 0. The number of urea groups is 1. The first-order valence-corrected chi connectivity index (χ1v) is 12.3. The van der Waals surface area contributed by atoms with Crippen LogP contribution in [0.5, 0.6) is 0 Å². The van der Waals surface area contributed by atoms with Crippen LogP contribution in [0.4, 0.5) is 21.9 Å². The van der Waals surface area contributed by atoms with E-state index >= 15 is 0 Å². The van der Waals surface area contributed by atoms with Gasteiger partial charge < -0.3 is 16.4 Å². The van der Waals surface area contributed by atoms with Crippen LogP contribution in [0, 0.1) is 17.0 Å². The first kappa shape index (κ1) is 27.2. The van der Waals surface area contributed by atoms with Crippen molar-refractivity contribution in [3.63, 3.8) is 0 Å². The maximum Gasteiger partial charge on any atom is 0.318 e. The Morgan fingerprint density at radius 1 is 1.14 bits per heavy atom. The molecule has 0 heterocycles. The molecule has 2 amide bonds. The number of benzene rings is 2. The molecule has 0 fully saturated rings. The average molecular weight is 529 g/mol. The molecule has 7 N–H and O–H groups in total. The molecule has 15 nitrogen and oxygen atoms in total. The Hall–Kier alpha value is -4.06. The summed E-state index contributed by atoms with van der Waals surface area (Å²) in [5, 5.41) is 18.4. The van der Waals surface area contributed by atoms with Crippen molar-refractivity contribution in [1.82, 2.24) is 5.32 Å². The number of hydrogen-bond acceptors (Lipinski definition) is 9. The van der Waals surface area contributed by atoms with E-state index in [2.05, 4.69) is 27.5 Å². The van der Waals surface area contributed by atoms with Gasteiger partial charge in [0.1, 0.15) is 11.6 Å². The summed E-state index contributed by atoms with van der Waals surface area (Å²) in [6.07, 6.45) is 0. The molecule has 188 valence electrons. The van der Waals surface area contributed by atoms with Gasteiger partial charge >= 0.3 is 6.03 Å². The van der Waals surface area contributed by atoms with Gasteiger partial charge in [0.25, 0.3) is 25.9 Å². The van der Waals surface area contributed by atoms with Gasteiger partial charge in [0.15, 0.2) is 0 Å². The van der Waals surface area contributed by atoms with Crippen molar-refractivity contribution in [1.29, 1.82) is 0 Å². The molecule has 0 aliphatic heterocycles. The number of nitrogens with two attached hydrogens (primary N) is 1. The van der Waals surface area contributed by atoms with Gasteiger partial charge in [0, 0.05) is 23.0 Å². The average Bonchev–Trinajstić information content (AvgIpc) is 2.68. The fourth-order valence-corrected chi connectivity index (χ4v) is 3.85. The first-order chi connectivity index (χ1) is 16.0. The second kappa shape index (κ2) is 10.5. The third-order valence-electron chi connectivity index (χ3n) is 4.15. The summed E-state index contributed by atoms with van der Waals surface area (Å²) in [7, 11) is -9.21. The van der Waals surface area contributed by atoms with E-state index in [9.17, 15) is 36.3 Å². The third-order valence-corrected chi connectivity index (χ3v) is 5.68. The van der Waals surface area contributed by atoms with Gasteiger partial charge in [-0.25, -0.2) is 4.79 Å². The summed E-state index contributed by atoms with van der Waals surface area (Å²) < 4.78 is 64.0. The molecular weight excluding hydrogens is 508 g/mol. The topological polar surface area (TPSA) is 243 Å². The summed E-state index contributed by atoms with van der Waals surface area (Å²) in [5.41, 5.74) is 5.09. The van der Waals surface area contributed by atoms with E-state index < -0.39 is 41.8 Å². The molecule has 35 heavy (non-hydrogen) atoms. The Balaban J connectivity index is 2.43. The van der Waals surface area contributed by atoms with E-state index in [1.54, 1.807) is 0 Å². The number of nitrogens with zero attached hydrogens (tertiary/aromatic N) is 2. The largest absolute Gasteiger partial charge is 0.351 e. The Kier molecular flexibility index (Phi) is 8.13. The van der Waals surface area contributed by atoms with Crippen LogP contribution >= 0.6 is 0 Å². The lowest BCUT2D eigenvalue weighted by Crippen LogP contribution is -2.39. The van der Waals surface area contributed by atoms with Gasteiger partial charge in [-0.05, 0) is 30.7 Å². The van der Waals surface area contributed by atoms with Gasteiger partial charge in [0.2, 0.25) is 5.96 Å². The van der Waals surface area contributed by atoms with Crippen molar-refractivity contribution in [2.45, 2.75) is 17.6 Å². The van der Waals surface area contributed by atoms with Crippen molar-refractivity contribution in [2.24, 2.45) is 10.7 Å². The maximum absolute atomic E-state index is 11.5. The number of aliphatic imine (C=N–C) groups is 1. The van der Waals surface area contributed by atoms with E-state index in [1.807, 2.05) is 0 Å². The number of nitro benzene ring substituents is 1. The van der Waals surface area contributed by atoms with Crippen LogP contribution in [0.25, 0.3) is 0 Å². The zero-order valence-electron chi connectivity index (χ0n) is 17.9. The number of aryl methyl sites for hydroxylation is 1. The number of rotatable bonds is 8. The fourth-order valence-electron chi connectivity index (χ4n) is 2.70. The number of nitro groups is 1. The van der Waals surface area contributed by atoms with E-state index in [-0.39, 0.29) is 34.4 Å². The van der Waals surface area contributed by atoms with Gasteiger partial charge in [-0.3, -0.25) is 24.5 Å². The van der Waals surface area contributed by atoms with Crippen molar-refractivity contribution < 1.29 is 35.7 Å². The molecule has 0 bridgehead atoms. The minimum absolute atomic E-state index is 0.109. The number of hydrogen-bond donors (Lipinski definition) is 6. The molecule has 2 aromatic carbocycles. The number of primary amides is 1. The monoisotopic (exact) mass is 528 g/mol. The van der Waals surface area contributed by atoms with E-state index in [0.717, 1.165) is 18.2 Å². The molecule has 0 radical (unpaired) electrons. The smallest absolute Gasteiger partial charge is 0.318 e. The minimum atomic E-state index is -4.67. The summed E-state index contributed by atoms with van der Waals surface area (Å²) in [6, 6.07) is 5.82. The molecule has 2 rings (SSSR count). The normalized spacial score (nSPS) is 12.0. The molecule has 0 saturated carbocycles. The van der Waals surface area contributed by atoms with Gasteiger partial charge in [-0.15, -0.1) is 0 Å². The second-order valence-corrected chi connectivity index (χ2v) is 9.80. The highest BCUT2D eigenvalue weighted by molar-refractivity contribution is 7.86.